The van der Waals surface area contributed by atoms with Gasteiger partial charge in [0.1, 0.15) is 5.75 Å². The van der Waals surface area contributed by atoms with Crippen LogP contribution in [0.1, 0.15) is 18.4 Å². The van der Waals surface area contributed by atoms with E-state index in [2.05, 4.69) is 10.0 Å². The van der Waals surface area contributed by atoms with Crippen LogP contribution < -0.4 is 14.8 Å². The first-order valence-corrected chi connectivity index (χ1v) is 9.06. The summed E-state index contributed by atoms with van der Waals surface area (Å²) >= 11 is 0. The average molecular weight is 312 g/mol. The smallest absolute Gasteiger partial charge is 0.211 e. The van der Waals surface area contributed by atoms with Crippen LogP contribution in [0.2, 0.25) is 0 Å². The molecule has 5 nitrogen and oxygen atoms in total. The molecule has 0 unspecified atom stereocenters. The van der Waals surface area contributed by atoms with Gasteiger partial charge in [-0.2, -0.15) is 0 Å². The van der Waals surface area contributed by atoms with Gasteiger partial charge in [-0.25, -0.2) is 13.1 Å². The van der Waals surface area contributed by atoms with E-state index in [9.17, 15) is 8.42 Å². The number of piperidine rings is 1. The maximum atomic E-state index is 12.1. The van der Waals surface area contributed by atoms with Crippen LogP contribution in [0, 0.1) is 5.92 Å². The van der Waals surface area contributed by atoms with E-state index in [1.807, 2.05) is 24.3 Å². The van der Waals surface area contributed by atoms with Crippen molar-refractivity contribution in [1.29, 1.82) is 0 Å². The minimum Gasteiger partial charge on any atom is -0.496 e. The van der Waals surface area contributed by atoms with Crippen LogP contribution in [0.3, 0.4) is 0 Å². The van der Waals surface area contributed by atoms with E-state index in [1.165, 1.54) is 0 Å². The summed E-state index contributed by atoms with van der Waals surface area (Å²) in [4.78, 5) is 0. The van der Waals surface area contributed by atoms with E-state index < -0.39 is 10.0 Å². The zero-order valence-electron chi connectivity index (χ0n) is 12.5. The second kappa shape index (κ2) is 7.77. The highest BCUT2D eigenvalue weighted by atomic mass is 32.2. The predicted molar refractivity (Wildman–Crippen MR) is 84.1 cm³/mol. The molecule has 1 heterocycles. The Hall–Kier alpha value is -1.11. The lowest BCUT2D eigenvalue weighted by molar-refractivity contribution is 0.400. The maximum Gasteiger partial charge on any atom is 0.211 e. The van der Waals surface area contributed by atoms with Crippen molar-refractivity contribution < 1.29 is 13.2 Å². The molecule has 2 rings (SSSR count). The fourth-order valence-corrected chi connectivity index (χ4v) is 4.15. The molecule has 0 aromatic heterocycles. The summed E-state index contributed by atoms with van der Waals surface area (Å²) in [5.41, 5.74) is 1.02. The maximum absolute atomic E-state index is 12.1. The number of rotatable bonds is 7. The number of methoxy groups -OCH3 is 1. The summed E-state index contributed by atoms with van der Waals surface area (Å²) in [5, 5.41) is 3.25. The fraction of sp³-hybridized carbons (Fsp3) is 0.600. The van der Waals surface area contributed by atoms with Crippen LogP contribution in [0.15, 0.2) is 24.3 Å². The number of para-hydroxylation sites is 1. The summed E-state index contributed by atoms with van der Waals surface area (Å²) in [6.45, 7) is 2.25. The Morgan fingerprint density at radius 1 is 1.29 bits per heavy atom. The summed E-state index contributed by atoms with van der Waals surface area (Å²) < 4.78 is 32.1. The first-order valence-electron chi connectivity index (χ1n) is 7.40. The van der Waals surface area contributed by atoms with Crippen molar-refractivity contribution in [3.8, 4) is 5.75 Å². The van der Waals surface area contributed by atoms with Gasteiger partial charge in [0, 0.05) is 6.54 Å². The Kier molecular flexibility index (Phi) is 6.02. The second-order valence-electron chi connectivity index (χ2n) is 5.43. The van der Waals surface area contributed by atoms with Crippen molar-refractivity contribution >= 4 is 10.0 Å². The van der Waals surface area contributed by atoms with E-state index in [4.69, 9.17) is 4.74 Å². The molecule has 118 valence electrons. The molecular weight excluding hydrogens is 288 g/mol. The van der Waals surface area contributed by atoms with Gasteiger partial charge in [-0.05, 0) is 49.9 Å². The van der Waals surface area contributed by atoms with Crippen molar-refractivity contribution in [1.82, 2.24) is 10.0 Å². The number of sulfonamides is 1. The third kappa shape index (κ3) is 5.30. The SMILES string of the molecule is COc1ccccc1CCNS(=O)(=O)CC1CCNCC1. The first kappa shape index (κ1) is 16.3. The zero-order chi connectivity index (χ0) is 15.1. The molecule has 0 radical (unpaired) electrons. The van der Waals surface area contributed by atoms with Gasteiger partial charge in [0.2, 0.25) is 10.0 Å². The summed E-state index contributed by atoms with van der Waals surface area (Å²) in [5.74, 6) is 1.31. The Morgan fingerprint density at radius 3 is 2.71 bits per heavy atom. The van der Waals surface area contributed by atoms with Crippen LogP contribution in [-0.2, 0) is 16.4 Å². The van der Waals surface area contributed by atoms with Crippen LogP contribution in [0.4, 0.5) is 0 Å². The van der Waals surface area contributed by atoms with Crippen LogP contribution in [-0.4, -0.2) is 40.9 Å². The first-order chi connectivity index (χ1) is 10.1. The lowest BCUT2D eigenvalue weighted by Gasteiger charge is -2.22. The fourth-order valence-electron chi connectivity index (χ4n) is 2.67. The van der Waals surface area contributed by atoms with Gasteiger partial charge in [-0.1, -0.05) is 18.2 Å². The molecule has 0 aliphatic carbocycles. The monoisotopic (exact) mass is 312 g/mol. The van der Waals surface area contributed by atoms with Crippen molar-refractivity contribution in [2.24, 2.45) is 5.92 Å². The number of ether oxygens (including phenoxy) is 1. The normalized spacial score (nSPS) is 16.8. The molecule has 0 bridgehead atoms. The topological polar surface area (TPSA) is 67.4 Å². The van der Waals surface area contributed by atoms with E-state index in [0.717, 1.165) is 37.2 Å². The van der Waals surface area contributed by atoms with E-state index in [0.29, 0.717) is 13.0 Å². The highest BCUT2D eigenvalue weighted by molar-refractivity contribution is 7.89. The van der Waals surface area contributed by atoms with E-state index in [-0.39, 0.29) is 11.7 Å². The van der Waals surface area contributed by atoms with Gasteiger partial charge in [0.25, 0.3) is 0 Å². The number of hydrogen-bond acceptors (Lipinski definition) is 4. The van der Waals surface area contributed by atoms with Gasteiger partial charge >= 0.3 is 0 Å². The quantitative estimate of drug-likeness (QED) is 0.793. The molecule has 1 aliphatic rings. The van der Waals surface area contributed by atoms with Crippen molar-refractivity contribution in [3.63, 3.8) is 0 Å². The second-order valence-corrected chi connectivity index (χ2v) is 7.28. The van der Waals surface area contributed by atoms with Gasteiger partial charge in [0.15, 0.2) is 0 Å². The minimum absolute atomic E-state index is 0.237. The molecule has 1 aromatic carbocycles. The Bertz CT molecular complexity index is 540. The third-order valence-corrected chi connectivity index (χ3v) is 5.38. The van der Waals surface area contributed by atoms with Gasteiger partial charge in [-0.15, -0.1) is 0 Å². The Morgan fingerprint density at radius 2 is 2.00 bits per heavy atom. The molecule has 2 N–H and O–H groups in total. The zero-order valence-corrected chi connectivity index (χ0v) is 13.3. The number of hydrogen-bond donors (Lipinski definition) is 2. The van der Waals surface area contributed by atoms with Crippen LogP contribution in [0.5, 0.6) is 5.75 Å². The molecule has 0 saturated carbocycles. The largest absolute Gasteiger partial charge is 0.496 e. The molecule has 0 amide bonds. The lowest BCUT2D eigenvalue weighted by atomic mass is 10.0. The lowest BCUT2D eigenvalue weighted by Crippen LogP contribution is -2.36. The number of nitrogens with one attached hydrogen (secondary N) is 2. The molecule has 1 aliphatic heterocycles. The number of benzene rings is 1. The Labute approximate surface area is 127 Å². The summed E-state index contributed by atoms with van der Waals surface area (Å²) in [6.07, 6.45) is 2.51. The van der Waals surface area contributed by atoms with Crippen molar-refractivity contribution in [2.75, 3.05) is 32.5 Å². The van der Waals surface area contributed by atoms with Gasteiger partial charge in [-0.3, -0.25) is 0 Å². The minimum atomic E-state index is -3.19. The molecule has 6 heteroatoms. The summed E-state index contributed by atoms with van der Waals surface area (Å²) in [7, 11) is -1.56. The molecular formula is C15H24N2O3S. The molecule has 1 aromatic rings. The van der Waals surface area contributed by atoms with E-state index in [1.54, 1.807) is 7.11 Å². The Balaban J connectivity index is 1.81. The molecule has 1 fully saturated rings. The van der Waals surface area contributed by atoms with E-state index >= 15 is 0 Å². The highest BCUT2D eigenvalue weighted by Gasteiger charge is 2.20. The predicted octanol–water partition coefficient (Wildman–Crippen LogP) is 1.16. The van der Waals surface area contributed by atoms with Gasteiger partial charge < -0.3 is 10.1 Å². The average Bonchev–Trinajstić information content (AvgIpc) is 2.48. The molecule has 0 atom stereocenters. The molecule has 1 saturated heterocycles. The van der Waals surface area contributed by atoms with Crippen molar-refractivity contribution in [2.45, 2.75) is 19.3 Å². The summed E-state index contributed by atoms with van der Waals surface area (Å²) in [6, 6.07) is 7.68. The third-order valence-electron chi connectivity index (χ3n) is 3.82. The molecule has 0 spiro atoms. The van der Waals surface area contributed by atoms with Gasteiger partial charge in [0.05, 0.1) is 12.9 Å². The van der Waals surface area contributed by atoms with Crippen LogP contribution >= 0.6 is 0 Å². The molecule has 21 heavy (non-hydrogen) atoms. The van der Waals surface area contributed by atoms with Crippen molar-refractivity contribution in [3.05, 3.63) is 29.8 Å². The van der Waals surface area contributed by atoms with Crippen LogP contribution in [0.25, 0.3) is 0 Å². The highest BCUT2D eigenvalue weighted by Crippen LogP contribution is 2.17. The standard InChI is InChI=1S/C15H24N2O3S/c1-20-15-5-3-2-4-14(15)8-11-17-21(18,19)12-13-6-9-16-10-7-13/h2-5,13,16-17H,6-12H2,1H3.